The van der Waals surface area contributed by atoms with Gasteiger partial charge in [-0.1, -0.05) is 83.9 Å². The molecule has 1 heterocycles. The molecule has 0 bridgehead atoms. The summed E-state index contributed by atoms with van der Waals surface area (Å²) in [6, 6.07) is 22.5. The molecule has 146 valence electrons. The Morgan fingerprint density at radius 1 is 0.759 bits per heavy atom. The monoisotopic (exact) mass is 424 g/mol. The van der Waals surface area contributed by atoms with Gasteiger partial charge in [0.15, 0.2) is 0 Å². The van der Waals surface area contributed by atoms with Crippen LogP contribution in [0, 0.1) is 0 Å². The van der Waals surface area contributed by atoms with Gasteiger partial charge in [-0.3, -0.25) is 13.9 Å². The van der Waals surface area contributed by atoms with Gasteiger partial charge in [-0.25, -0.2) is 4.79 Å². The first-order chi connectivity index (χ1) is 14.0. The second-order valence-electron chi connectivity index (χ2n) is 6.83. The number of aryl methyl sites for hydroxylation is 1. The normalized spacial score (nSPS) is 11.1. The molecule has 4 rings (SSSR count). The standard InChI is InChI=1S/C23H18Cl2N2O2/c24-18-13-19(25)21-20(14-18)27(15-17-9-5-2-6-10-17)23(29)26(22(21)28)12-11-16-7-3-1-4-8-16/h1-10,13-14H,11-12,15H2. The molecule has 4 aromatic rings. The summed E-state index contributed by atoms with van der Waals surface area (Å²) in [5.74, 6) is 0. The number of aromatic nitrogens is 2. The number of nitrogens with zero attached hydrogens (tertiary/aromatic N) is 2. The number of benzene rings is 3. The lowest BCUT2D eigenvalue weighted by molar-refractivity contribution is 0.590. The van der Waals surface area contributed by atoms with Crippen molar-refractivity contribution in [2.24, 2.45) is 0 Å². The topological polar surface area (TPSA) is 44.0 Å². The highest BCUT2D eigenvalue weighted by Gasteiger charge is 2.17. The zero-order chi connectivity index (χ0) is 20.4. The van der Waals surface area contributed by atoms with Crippen LogP contribution in [0.5, 0.6) is 0 Å². The molecule has 0 aliphatic heterocycles. The Morgan fingerprint density at radius 3 is 2.03 bits per heavy atom. The van der Waals surface area contributed by atoms with Crippen molar-refractivity contribution in [1.82, 2.24) is 9.13 Å². The van der Waals surface area contributed by atoms with E-state index in [1.54, 1.807) is 10.6 Å². The van der Waals surface area contributed by atoms with E-state index in [2.05, 4.69) is 0 Å². The van der Waals surface area contributed by atoms with Crippen molar-refractivity contribution in [2.75, 3.05) is 0 Å². The van der Waals surface area contributed by atoms with Crippen molar-refractivity contribution in [3.8, 4) is 0 Å². The van der Waals surface area contributed by atoms with Gasteiger partial charge in [-0.15, -0.1) is 0 Å². The minimum absolute atomic E-state index is 0.243. The summed E-state index contributed by atoms with van der Waals surface area (Å²) in [6.45, 7) is 0.587. The summed E-state index contributed by atoms with van der Waals surface area (Å²) >= 11 is 12.5. The molecule has 0 N–H and O–H groups in total. The summed E-state index contributed by atoms with van der Waals surface area (Å²) in [4.78, 5) is 26.4. The van der Waals surface area contributed by atoms with E-state index in [4.69, 9.17) is 23.2 Å². The molecule has 0 saturated carbocycles. The number of hydrogen-bond acceptors (Lipinski definition) is 2. The van der Waals surface area contributed by atoms with Gasteiger partial charge in [0, 0.05) is 11.6 Å². The van der Waals surface area contributed by atoms with Crippen molar-refractivity contribution in [3.05, 3.63) is 115 Å². The fraction of sp³-hybridized carbons (Fsp3) is 0.130. The molecule has 0 fully saturated rings. The maximum atomic E-state index is 13.3. The lowest BCUT2D eigenvalue weighted by Crippen LogP contribution is -2.40. The van der Waals surface area contributed by atoms with E-state index in [1.165, 1.54) is 10.6 Å². The number of hydrogen-bond donors (Lipinski definition) is 0. The molecule has 0 spiro atoms. The molecule has 0 radical (unpaired) electrons. The molecular weight excluding hydrogens is 407 g/mol. The highest BCUT2D eigenvalue weighted by Crippen LogP contribution is 2.25. The molecule has 3 aromatic carbocycles. The average molecular weight is 425 g/mol. The molecule has 0 unspecified atom stereocenters. The smallest absolute Gasteiger partial charge is 0.289 e. The minimum Gasteiger partial charge on any atom is -0.289 e. The van der Waals surface area contributed by atoms with Crippen molar-refractivity contribution in [3.63, 3.8) is 0 Å². The Kier molecular flexibility index (Phi) is 5.56. The van der Waals surface area contributed by atoms with E-state index in [9.17, 15) is 9.59 Å². The summed E-state index contributed by atoms with van der Waals surface area (Å²) in [5, 5.41) is 0.928. The van der Waals surface area contributed by atoms with E-state index in [1.807, 2.05) is 60.7 Å². The van der Waals surface area contributed by atoms with Crippen molar-refractivity contribution in [2.45, 2.75) is 19.5 Å². The van der Waals surface area contributed by atoms with Gasteiger partial charge in [-0.2, -0.15) is 0 Å². The van der Waals surface area contributed by atoms with Gasteiger partial charge in [0.25, 0.3) is 5.56 Å². The molecule has 0 aliphatic rings. The average Bonchev–Trinajstić information content (AvgIpc) is 2.72. The zero-order valence-electron chi connectivity index (χ0n) is 15.5. The van der Waals surface area contributed by atoms with Gasteiger partial charge in [-0.05, 0) is 29.7 Å². The third kappa shape index (κ3) is 4.00. The second-order valence-corrected chi connectivity index (χ2v) is 7.67. The summed E-state index contributed by atoms with van der Waals surface area (Å²) < 4.78 is 2.83. The lowest BCUT2D eigenvalue weighted by Gasteiger charge is -2.15. The summed E-state index contributed by atoms with van der Waals surface area (Å²) in [6.07, 6.45) is 0.567. The Bertz CT molecular complexity index is 1280. The molecular formula is C23H18Cl2N2O2. The van der Waals surface area contributed by atoms with E-state index in [0.717, 1.165) is 11.1 Å². The van der Waals surface area contributed by atoms with Crippen LogP contribution in [0.1, 0.15) is 11.1 Å². The fourth-order valence-corrected chi connectivity index (χ4v) is 4.02. The molecule has 6 heteroatoms. The fourth-order valence-electron chi connectivity index (χ4n) is 3.46. The van der Waals surface area contributed by atoms with Crippen LogP contribution >= 0.6 is 23.2 Å². The highest BCUT2D eigenvalue weighted by atomic mass is 35.5. The predicted molar refractivity (Wildman–Crippen MR) is 118 cm³/mol. The van der Waals surface area contributed by atoms with Crippen molar-refractivity contribution < 1.29 is 0 Å². The van der Waals surface area contributed by atoms with Crippen molar-refractivity contribution in [1.29, 1.82) is 0 Å². The SMILES string of the molecule is O=c1c2c(Cl)cc(Cl)cc2n(Cc2ccccc2)c(=O)n1CCc1ccccc1. The van der Waals surface area contributed by atoms with Crippen LogP contribution in [0.4, 0.5) is 0 Å². The van der Waals surface area contributed by atoms with Crippen LogP contribution in [0.15, 0.2) is 82.4 Å². The van der Waals surface area contributed by atoms with Crippen LogP contribution in [0.2, 0.25) is 10.0 Å². The number of halogens is 2. The van der Waals surface area contributed by atoms with Gasteiger partial charge in [0.1, 0.15) is 0 Å². The first kappa shape index (κ1) is 19.5. The Balaban J connectivity index is 1.89. The number of fused-ring (bicyclic) bond motifs is 1. The molecule has 0 amide bonds. The largest absolute Gasteiger partial charge is 0.331 e. The highest BCUT2D eigenvalue weighted by molar-refractivity contribution is 6.38. The Hall–Kier alpha value is -2.82. The van der Waals surface area contributed by atoms with E-state index >= 15 is 0 Å². The minimum atomic E-state index is -0.396. The van der Waals surface area contributed by atoms with Crippen LogP contribution in [-0.2, 0) is 19.5 Å². The van der Waals surface area contributed by atoms with Crippen LogP contribution < -0.4 is 11.2 Å². The Morgan fingerprint density at radius 2 is 1.38 bits per heavy atom. The summed E-state index contributed by atoms with van der Waals surface area (Å²) in [7, 11) is 0. The van der Waals surface area contributed by atoms with Crippen LogP contribution in [-0.4, -0.2) is 9.13 Å². The quantitative estimate of drug-likeness (QED) is 0.463. The van der Waals surface area contributed by atoms with E-state index in [0.29, 0.717) is 28.9 Å². The Labute approximate surface area is 177 Å². The van der Waals surface area contributed by atoms with Crippen LogP contribution in [0.25, 0.3) is 10.9 Å². The van der Waals surface area contributed by atoms with Crippen LogP contribution in [0.3, 0.4) is 0 Å². The molecule has 0 aliphatic carbocycles. The first-order valence-corrected chi connectivity index (χ1v) is 10.0. The lowest BCUT2D eigenvalue weighted by atomic mass is 10.1. The maximum Gasteiger partial charge on any atom is 0.331 e. The third-order valence-corrected chi connectivity index (χ3v) is 5.41. The van der Waals surface area contributed by atoms with Gasteiger partial charge >= 0.3 is 5.69 Å². The number of rotatable bonds is 5. The maximum absolute atomic E-state index is 13.3. The first-order valence-electron chi connectivity index (χ1n) is 9.25. The molecule has 29 heavy (non-hydrogen) atoms. The molecule has 4 nitrogen and oxygen atoms in total. The third-order valence-electron chi connectivity index (χ3n) is 4.90. The van der Waals surface area contributed by atoms with Crippen molar-refractivity contribution >= 4 is 34.1 Å². The van der Waals surface area contributed by atoms with Gasteiger partial charge in [0.2, 0.25) is 0 Å². The van der Waals surface area contributed by atoms with Gasteiger partial charge < -0.3 is 0 Å². The zero-order valence-corrected chi connectivity index (χ0v) is 17.0. The molecule has 0 saturated heterocycles. The van der Waals surface area contributed by atoms with E-state index in [-0.39, 0.29) is 17.3 Å². The second kappa shape index (κ2) is 8.27. The van der Waals surface area contributed by atoms with E-state index < -0.39 is 5.56 Å². The predicted octanol–water partition coefficient (Wildman–Crippen LogP) is 4.76. The summed E-state index contributed by atoms with van der Waals surface area (Å²) in [5.41, 5.74) is 1.67. The molecule has 1 aromatic heterocycles. The molecule has 0 atom stereocenters. The van der Waals surface area contributed by atoms with Gasteiger partial charge in [0.05, 0.1) is 22.5 Å².